The Morgan fingerprint density at radius 3 is 2.46 bits per heavy atom. The molecule has 0 radical (unpaired) electrons. The molecule has 0 bridgehead atoms. The number of aromatic nitrogens is 1. The van der Waals surface area contributed by atoms with Gasteiger partial charge >= 0.3 is 0 Å². The van der Waals surface area contributed by atoms with Crippen molar-refractivity contribution in [1.82, 2.24) is 4.98 Å². The van der Waals surface area contributed by atoms with Gasteiger partial charge in [-0.2, -0.15) is 5.26 Å². The van der Waals surface area contributed by atoms with Crippen LogP contribution in [-0.4, -0.2) is 24.3 Å². The van der Waals surface area contributed by atoms with Gasteiger partial charge in [-0.05, 0) is 29.8 Å². The Bertz CT molecular complexity index is 939. The highest BCUT2D eigenvalue weighted by Crippen LogP contribution is 2.38. The molecule has 0 fully saturated rings. The van der Waals surface area contributed by atoms with Gasteiger partial charge in [0.05, 0.1) is 25.9 Å². The fourth-order valence-electron chi connectivity index (χ4n) is 2.63. The van der Waals surface area contributed by atoms with Crippen molar-refractivity contribution in [3.05, 3.63) is 53.7 Å². The highest BCUT2D eigenvalue weighted by atomic mass is 16.5. The summed E-state index contributed by atoms with van der Waals surface area (Å²) in [6.07, 6.45) is 3.55. The van der Waals surface area contributed by atoms with Crippen LogP contribution in [-0.2, 0) is 0 Å². The molecule has 2 aromatic carbocycles. The van der Waals surface area contributed by atoms with Gasteiger partial charge in [0.25, 0.3) is 0 Å². The molecule has 0 aliphatic rings. The van der Waals surface area contributed by atoms with Crippen LogP contribution in [0.4, 0.5) is 0 Å². The Kier molecular flexibility index (Phi) is 4.13. The van der Waals surface area contributed by atoms with Gasteiger partial charge in [-0.3, -0.25) is 0 Å². The molecule has 3 rings (SSSR count). The fourth-order valence-corrected chi connectivity index (χ4v) is 2.63. The number of nitrogens with zero attached hydrogens (tertiary/aromatic N) is 1. The van der Waals surface area contributed by atoms with Gasteiger partial charge in [0.1, 0.15) is 0 Å². The average molecular weight is 320 g/mol. The topological polar surface area (TPSA) is 78.3 Å². The number of hydrogen-bond donors (Lipinski definition) is 2. The Morgan fingerprint density at radius 1 is 1.17 bits per heavy atom. The highest BCUT2D eigenvalue weighted by Gasteiger charge is 2.12. The van der Waals surface area contributed by atoms with Crippen molar-refractivity contribution in [1.29, 1.82) is 5.26 Å². The van der Waals surface area contributed by atoms with Crippen LogP contribution < -0.4 is 9.47 Å². The Labute approximate surface area is 139 Å². The molecule has 0 saturated heterocycles. The SMILES string of the molecule is COc1cc(/C=C(\C#N)c2c[nH]c3ccccc23)cc(OC)c1O. The molecule has 0 aliphatic carbocycles. The van der Waals surface area contributed by atoms with Gasteiger partial charge in [-0.15, -0.1) is 0 Å². The van der Waals surface area contributed by atoms with Crippen LogP contribution in [0.1, 0.15) is 11.1 Å². The largest absolute Gasteiger partial charge is 0.502 e. The number of aromatic amines is 1. The number of allylic oxidation sites excluding steroid dienone is 1. The number of ether oxygens (including phenoxy) is 2. The highest BCUT2D eigenvalue weighted by molar-refractivity contribution is 6.01. The van der Waals surface area contributed by atoms with Gasteiger partial charge < -0.3 is 19.6 Å². The van der Waals surface area contributed by atoms with Crippen LogP contribution in [0.2, 0.25) is 0 Å². The van der Waals surface area contributed by atoms with Gasteiger partial charge in [0.15, 0.2) is 11.5 Å². The van der Waals surface area contributed by atoms with E-state index in [0.717, 1.165) is 16.5 Å². The summed E-state index contributed by atoms with van der Waals surface area (Å²) >= 11 is 0. The second kappa shape index (κ2) is 6.39. The first kappa shape index (κ1) is 15.5. The number of benzene rings is 2. The van der Waals surface area contributed by atoms with E-state index in [-0.39, 0.29) is 17.2 Å². The first-order valence-electron chi connectivity index (χ1n) is 7.31. The lowest BCUT2D eigenvalue weighted by Gasteiger charge is -2.09. The summed E-state index contributed by atoms with van der Waals surface area (Å²) in [5, 5.41) is 20.5. The van der Waals surface area contributed by atoms with Crippen molar-refractivity contribution in [3.8, 4) is 23.3 Å². The monoisotopic (exact) mass is 320 g/mol. The van der Waals surface area contributed by atoms with Gasteiger partial charge in [0.2, 0.25) is 5.75 Å². The molecule has 5 nitrogen and oxygen atoms in total. The second-order valence-electron chi connectivity index (χ2n) is 5.19. The molecular formula is C19H16N2O3. The second-order valence-corrected chi connectivity index (χ2v) is 5.19. The molecule has 2 N–H and O–H groups in total. The number of nitriles is 1. The van der Waals surface area contributed by atoms with Crippen LogP contribution in [0.5, 0.6) is 17.2 Å². The number of methoxy groups -OCH3 is 2. The Balaban J connectivity index is 2.14. The minimum Gasteiger partial charge on any atom is -0.502 e. The number of rotatable bonds is 4. The van der Waals surface area contributed by atoms with Crippen LogP contribution in [0, 0.1) is 11.3 Å². The van der Waals surface area contributed by atoms with Crippen molar-refractivity contribution in [2.24, 2.45) is 0 Å². The number of hydrogen-bond acceptors (Lipinski definition) is 4. The standard InChI is InChI=1S/C19H16N2O3/c1-23-17-8-12(9-18(24-2)19(17)22)7-13(10-20)15-11-21-16-6-4-3-5-14(15)16/h3-9,11,21-22H,1-2H3/b13-7+. The molecule has 120 valence electrons. The van der Waals surface area contributed by atoms with Gasteiger partial charge in [-0.1, -0.05) is 18.2 Å². The van der Waals surface area contributed by atoms with Crippen LogP contribution >= 0.6 is 0 Å². The Morgan fingerprint density at radius 2 is 1.83 bits per heavy atom. The lowest BCUT2D eigenvalue weighted by Crippen LogP contribution is -1.90. The van der Waals surface area contributed by atoms with E-state index in [9.17, 15) is 10.4 Å². The van der Waals surface area contributed by atoms with Crippen molar-refractivity contribution in [2.75, 3.05) is 14.2 Å². The normalized spacial score (nSPS) is 11.3. The maximum Gasteiger partial charge on any atom is 0.200 e. The minimum atomic E-state index is -0.0669. The molecule has 1 heterocycles. The first-order valence-corrected chi connectivity index (χ1v) is 7.31. The molecule has 0 aliphatic heterocycles. The summed E-state index contributed by atoms with van der Waals surface area (Å²) in [4.78, 5) is 3.16. The molecule has 0 saturated carbocycles. The third kappa shape index (κ3) is 2.66. The Hall–Kier alpha value is -3.39. The van der Waals surface area contributed by atoms with Crippen LogP contribution in [0.15, 0.2) is 42.6 Å². The molecule has 3 aromatic rings. The fraction of sp³-hybridized carbons (Fsp3) is 0.105. The van der Waals surface area contributed by atoms with Crippen molar-refractivity contribution >= 4 is 22.6 Å². The van der Waals surface area contributed by atoms with E-state index in [1.54, 1.807) is 18.2 Å². The first-order chi connectivity index (χ1) is 11.7. The molecule has 0 amide bonds. The molecule has 0 spiro atoms. The zero-order valence-corrected chi connectivity index (χ0v) is 13.3. The van der Waals surface area contributed by atoms with Crippen LogP contribution in [0.3, 0.4) is 0 Å². The average Bonchev–Trinajstić information content (AvgIpc) is 3.04. The van der Waals surface area contributed by atoms with Crippen LogP contribution in [0.25, 0.3) is 22.6 Å². The maximum atomic E-state index is 9.99. The number of para-hydroxylation sites is 1. The number of fused-ring (bicyclic) bond motifs is 1. The molecular weight excluding hydrogens is 304 g/mol. The third-order valence-corrected chi connectivity index (χ3v) is 3.81. The summed E-state index contributed by atoms with van der Waals surface area (Å²) < 4.78 is 10.3. The zero-order valence-electron chi connectivity index (χ0n) is 13.3. The quantitative estimate of drug-likeness (QED) is 0.713. The molecule has 0 unspecified atom stereocenters. The summed E-state index contributed by atoms with van der Waals surface area (Å²) in [6, 6.07) is 13.3. The van der Waals surface area contributed by atoms with Gasteiger partial charge in [0, 0.05) is 22.7 Å². The summed E-state index contributed by atoms with van der Waals surface area (Å²) in [6.45, 7) is 0. The predicted octanol–water partition coefficient (Wildman–Crippen LogP) is 3.95. The van der Waals surface area contributed by atoms with E-state index in [1.807, 2.05) is 30.5 Å². The minimum absolute atomic E-state index is 0.0669. The third-order valence-electron chi connectivity index (χ3n) is 3.81. The number of H-pyrrole nitrogens is 1. The molecule has 5 heteroatoms. The number of nitrogens with one attached hydrogen (secondary N) is 1. The maximum absolute atomic E-state index is 9.99. The molecule has 1 aromatic heterocycles. The zero-order chi connectivity index (χ0) is 17.1. The number of aromatic hydroxyl groups is 1. The van der Waals surface area contributed by atoms with Crippen molar-refractivity contribution in [2.45, 2.75) is 0 Å². The lowest BCUT2D eigenvalue weighted by molar-refractivity contribution is 0.340. The van der Waals surface area contributed by atoms with E-state index >= 15 is 0 Å². The van der Waals surface area contributed by atoms with E-state index in [1.165, 1.54) is 14.2 Å². The van der Waals surface area contributed by atoms with Gasteiger partial charge in [-0.25, -0.2) is 0 Å². The predicted molar refractivity (Wildman–Crippen MR) is 93.0 cm³/mol. The van der Waals surface area contributed by atoms with E-state index in [0.29, 0.717) is 11.1 Å². The molecule has 0 atom stereocenters. The summed E-state index contributed by atoms with van der Waals surface area (Å²) in [5.74, 6) is 0.511. The van der Waals surface area contributed by atoms with E-state index in [4.69, 9.17) is 9.47 Å². The van der Waals surface area contributed by atoms with E-state index < -0.39 is 0 Å². The lowest BCUT2D eigenvalue weighted by atomic mass is 10.0. The van der Waals surface area contributed by atoms with E-state index in [2.05, 4.69) is 11.1 Å². The van der Waals surface area contributed by atoms with Crippen molar-refractivity contribution in [3.63, 3.8) is 0 Å². The number of phenols is 1. The smallest absolute Gasteiger partial charge is 0.200 e. The molecule has 24 heavy (non-hydrogen) atoms. The summed E-state index contributed by atoms with van der Waals surface area (Å²) in [7, 11) is 2.93. The van der Waals surface area contributed by atoms with Crippen molar-refractivity contribution < 1.29 is 14.6 Å². The summed E-state index contributed by atoms with van der Waals surface area (Å²) in [5.41, 5.74) is 2.99. The number of phenolic OH excluding ortho intramolecular Hbond substituents is 1.